The quantitative estimate of drug-likeness (QED) is 0.828. The monoisotopic (exact) mass is 214 g/mol. The van der Waals surface area contributed by atoms with Crippen LogP contribution in [0.1, 0.15) is 24.2 Å². The van der Waals surface area contributed by atoms with Gasteiger partial charge in [0.25, 0.3) is 0 Å². The van der Waals surface area contributed by atoms with Crippen molar-refractivity contribution in [2.24, 2.45) is 7.05 Å². The molecule has 0 radical (unpaired) electrons. The van der Waals surface area contributed by atoms with E-state index in [4.69, 9.17) is 0 Å². The number of nitrogens with one attached hydrogen (secondary N) is 1. The maximum absolute atomic E-state index is 3.52. The van der Waals surface area contributed by atoms with E-state index in [1.165, 1.54) is 11.3 Å². The summed E-state index contributed by atoms with van der Waals surface area (Å²) in [5.41, 5.74) is 2.64. The summed E-state index contributed by atoms with van der Waals surface area (Å²) in [6, 6.07) is 15.1. The van der Waals surface area contributed by atoms with Crippen molar-refractivity contribution in [1.29, 1.82) is 0 Å². The van der Waals surface area contributed by atoms with Gasteiger partial charge in [-0.25, -0.2) is 0 Å². The lowest BCUT2D eigenvalue weighted by Crippen LogP contribution is -2.19. The standard InChI is InChI=1S/C14H18N2/c1-12(13-7-4-3-5-8-13)15-11-14-9-6-10-16(14)2/h3-10,12,15H,11H2,1-2H3/t12-/m1/s1. The fraction of sp³-hybridized carbons (Fsp3) is 0.286. The highest BCUT2D eigenvalue weighted by molar-refractivity contribution is 5.18. The fourth-order valence-electron chi connectivity index (χ4n) is 1.80. The molecule has 0 fully saturated rings. The van der Waals surface area contributed by atoms with E-state index in [0.717, 1.165) is 6.54 Å². The molecule has 1 aromatic carbocycles. The molecule has 0 aliphatic heterocycles. The summed E-state index contributed by atoms with van der Waals surface area (Å²) in [5.74, 6) is 0. The van der Waals surface area contributed by atoms with Gasteiger partial charge in [-0.2, -0.15) is 0 Å². The van der Waals surface area contributed by atoms with E-state index in [1.807, 2.05) is 6.07 Å². The molecule has 16 heavy (non-hydrogen) atoms. The minimum Gasteiger partial charge on any atom is -0.353 e. The van der Waals surface area contributed by atoms with Gasteiger partial charge >= 0.3 is 0 Å². The number of hydrogen-bond donors (Lipinski definition) is 1. The van der Waals surface area contributed by atoms with Crippen molar-refractivity contribution in [3.63, 3.8) is 0 Å². The van der Waals surface area contributed by atoms with E-state index in [9.17, 15) is 0 Å². The van der Waals surface area contributed by atoms with Gasteiger partial charge in [0.1, 0.15) is 0 Å². The van der Waals surface area contributed by atoms with Gasteiger partial charge in [-0.3, -0.25) is 0 Å². The Kier molecular flexibility index (Phi) is 3.42. The number of hydrogen-bond acceptors (Lipinski definition) is 1. The van der Waals surface area contributed by atoms with Crippen LogP contribution in [0.2, 0.25) is 0 Å². The van der Waals surface area contributed by atoms with Gasteiger partial charge in [-0.15, -0.1) is 0 Å². The van der Waals surface area contributed by atoms with Crippen molar-refractivity contribution in [2.75, 3.05) is 0 Å². The maximum atomic E-state index is 3.52. The predicted octanol–water partition coefficient (Wildman–Crippen LogP) is 2.88. The highest BCUT2D eigenvalue weighted by atomic mass is 15.0. The molecule has 0 aliphatic carbocycles. The summed E-state index contributed by atoms with van der Waals surface area (Å²) in [7, 11) is 2.07. The van der Waals surface area contributed by atoms with Gasteiger partial charge in [-0.1, -0.05) is 30.3 Å². The van der Waals surface area contributed by atoms with Crippen LogP contribution in [-0.2, 0) is 13.6 Å². The third kappa shape index (κ3) is 2.52. The maximum Gasteiger partial charge on any atom is 0.0364 e. The molecule has 2 aromatic rings. The molecule has 2 nitrogen and oxygen atoms in total. The zero-order chi connectivity index (χ0) is 11.4. The van der Waals surface area contributed by atoms with Crippen molar-refractivity contribution in [2.45, 2.75) is 19.5 Å². The Hall–Kier alpha value is -1.54. The largest absolute Gasteiger partial charge is 0.353 e. The molecule has 1 atom stereocenters. The minimum atomic E-state index is 0.385. The Morgan fingerprint density at radius 3 is 2.50 bits per heavy atom. The van der Waals surface area contributed by atoms with Gasteiger partial charge in [0, 0.05) is 31.5 Å². The molecule has 84 valence electrons. The van der Waals surface area contributed by atoms with E-state index in [2.05, 4.69) is 66.5 Å². The fourth-order valence-corrected chi connectivity index (χ4v) is 1.80. The van der Waals surface area contributed by atoms with E-state index >= 15 is 0 Å². The smallest absolute Gasteiger partial charge is 0.0364 e. The van der Waals surface area contributed by atoms with Crippen molar-refractivity contribution in [3.05, 3.63) is 59.9 Å². The minimum absolute atomic E-state index is 0.385. The van der Waals surface area contributed by atoms with Crippen LogP contribution in [0.4, 0.5) is 0 Å². The summed E-state index contributed by atoms with van der Waals surface area (Å²) in [6.45, 7) is 3.10. The number of aryl methyl sites for hydroxylation is 1. The third-order valence-electron chi connectivity index (χ3n) is 2.94. The number of nitrogens with zero attached hydrogens (tertiary/aromatic N) is 1. The average molecular weight is 214 g/mol. The van der Waals surface area contributed by atoms with Crippen LogP contribution in [-0.4, -0.2) is 4.57 Å². The molecule has 0 unspecified atom stereocenters. The van der Waals surface area contributed by atoms with Crippen LogP contribution in [0.15, 0.2) is 48.7 Å². The molecular formula is C14H18N2. The van der Waals surface area contributed by atoms with Crippen LogP contribution in [0.25, 0.3) is 0 Å². The Balaban J connectivity index is 1.94. The molecule has 2 heteroatoms. The summed E-state index contributed by atoms with van der Waals surface area (Å²) < 4.78 is 2.14. The first kappa shape index (κ1) is 11.0. The predicted molar refractivity (Wildman–Crippen MR) is 67.1 cm³/mol. The van der Waals surface area contributed by atoms with E-state index in [0.29, 0.717) is 6.04 Å². The number of rotatable bonds is 4. The first-order chi connectivity index (χ1) is 7.77. The van der Waals surface area contributed by atoms with Crippen LogP contribution >= 0.6 is 0 Å². The van der Waals surface area contributed by atoms with Gasteiger partial charge in [0.05, 0.1) is 0 Å². The summed E-state index contributed by atoms with van der Waals surface area (Å²) in [6.07, 6.45) is 2.07. The summed E-state index contributed by atoms with van der Waals surface area (Å²) in [4.78, 5) is 0. The Morgan fingerprint density at radius 1 is 1.12 bits per heavy atom. The van der Waals surface area contributed by atoms with Crippen molar-refractivity contribution < 1.29 is 0 Å². The Morgan fingerprint density at radius 2 is 1.88 bits per heavy atom. The average Bonchev–Trinajstić information content (AvgIpc) is 2.73. The van der Waals surface area contributed by atoms with Crippen LogP contribution < -0.4 is 5.32 Å². The van der Waals surface area contributed by atoms with E-state index < -0.39 is 0 Å². The molecule has 0 bridgehead atoms. The van der Waals surface area contributed by atoms with Crippen LogP contribution in [0.5, 0.6) is 0 Å². The lowest BCUT2D eigenvalue weighted by Gasteiger charge is -2.14. The molecule has 1 N–H and O–H groups in total. The zero-order valence-electron chi connectivity index (χ0n) is 9.85. The van der Waals surface area contributed by atoms with Crippen molar-refractivity contribution >= 4 is 0 Å². The summed E-state index contributed by atoms with van der Waals surface area (Å²) in [5, 5.41) is 3.52. The lowest BCUT2D eigenvalue weighted by molar-refractivity contribution is 0.558. The molecular weight excluding hydrogens is 196 g/mol. The summed E-state index contributed by atoms with van der Waals surface area (Å²) >= 11 is 0. The molecule has 0 aliphatic rings. The van der Waals surface area contributed by atoms with Crippen molar-refractivity contribution in [1.82, 2.24) is 9.88 Å². The molecule has 1 heterocycles. The molecule has 0 spiro atoms. The van der Waals surface area contributed by atoms with Crippen molar-refractivity contribution in [3.8, 4) is 0 Å². The molecule has 2 rings (SSSR count). The molecule has 0 amide bonds. The highest BCUT2D eigenvalue weighted by Gasteiger charge is 2.04. The number of aromatic nitrogens is 1. The van der Waals surface area contributed by atoms with Crippen LogP contribution in [0.3, 0.4) is 0 Å². The first-order valence-electron chi connectivity index (χ1n) is 5.66. The topological polar surface area (TPSA) is 17.0 Å². The van der Waals surface area contributed by atoms with Crippen LogP contribution in [0, 0.1) is 0 Å². The Bertz CT molecular complexity index is 431. The number of benzene rings is 1. The second-order valence-corrected chi connectivity index (χ2v) is 4.12. The molecule has 1 aromatic heterocycles. The van der Waals surface area contributed by atoms with Gasteiger partial charge in [0.15, 0.2) is 0 Å². The zero-order valence-corrected chi connectivity index (χ0v) is 9.85. The second-order valence-electron chi connectivity index (χ2n) is 4.12. The SMILES string of the molecule is C[C@@H](NCc1cccn1C)c1ccccc1. The van der Waals surface area contributed by atoms with Gasteiger partial charge < -0.3 is 9.88 Å². The van der Waals surface area contributed by atoms with E-state index in [-0.39, 0.29) is 0 Å². The van der Waals surface area contributed by atoms with Gasteiger partial charge in [0.2, 0.25) is 0 Å². The normalized spacial score (nSPS) is 12.6. The second kappa shape index (κ2) is 4.99. The highest BCUT2D eigenvalue weighted by Crippen LogP contribution is 2.12. The van der Waals surface area contributed by atoms with E-state index in [1.54, 1.807) is 0 Å². The lowest BCUT2D eigenvalue weighted by atomic mass is 10.1. The van der Waals surface area contributed by atoms with Gasteiger partial charge in [-0.05, 0) is 24.6 Å². The third-order valence-corrected chi connectivity index (χ3v) is 2.94. The first-order valence-corrected chi connectivity index (χ1v) is 5.66. The molecule has 0 saturated carbocycles. The Labute approximate surface area is 96.9 Å². The molecule has 0 saturated heterocycles.